The Balaban J connectivity index is 2.10. The Morgan fingerprint density at radius 1 is 1.39 bits per heavy atom. The second kappa shape index (κ2) is 7.30. The molecule has 0 spiro atoms. The minimum Gasteiger partial charge on any atom is -0.436 e. The highest BCUT2D eigenvalue weighted by Crippen LogP contribution is 2.25. The van der Waals surface area contributed by atoms with Crippen molar-refractivity contribution in [3.05, 3.63) is 36.4 Å². The smallest absolute Gasteiger partial charge is 0.270 e. The lowest BCUT2D eigenvalue weighted by Gasteiger charge is -2.08. The number of ether oxygens (including phenoxy) is 1. The van der Waals surface area contributed by atoms with Crippen LogP contribution in [0.2, 0.25) is 0 Å². The van der Waals surface area contributed by atoms with Crippen LogP contribution in [0.3, 0.4) is 0 Å². The number of nitrogens with zero attached hydrogens (tertiary/aromatic N) is 2. The van der Waals surface area contributed by atoms with Crippen LogP contribution in [0.5, 0.6) is 11.6 Å². The van der Waals surface area contributed by atoms with Crippen LogP contribution in [0.4, 0.5) is 15.9 Å². The summed E-state index contributed by atoms with van der Waals surface area (Å²) >= 11 is 0. The maximum Gasteiger partial charge on any atom is 0.270 e. The fourth-order valence-corrected chi connectivity index (χ4v) is 1.73. The molecule has 0 fully saturated rings. The maximum absolute atomic E-state index is 13.7. The van der Waals surface area contributed by atoms with Crippen molar-refractivity contribution in [2.75, 3.05) is 11.1 Å². The number of amides is 1. The van der Waals surface area contributed by atoms with Crippen LogP contribution in [-0.4, -0.2) is 21.6 Å². The zero-order valence-electron chi connectivity index (χ0n) is 12.5. The number of nitrogens with two attached hydrogens (primary N) is 1. The molecule has 4 N–H and O–H groups in total. The number of anilines is 2. The average Bonchev–Trinajstić information content (AvgIpc) is 2.51. The molecule has 0 saturated heterocycles. The van der Waals surface area contributed by atoms with Gasteiger partial charge in [0.25, 0.3) is 5.91 Å². The zero-order chi connectivity index (χ0) is 16.8. The SMILES string of the molecule is CCCC(=N)C(=O)Nc1cc(Oc2ccc(N)cc2F)ncn1. The van der Waals surface area contributed by atoms with Gasteiger partial charge in [-0.3, -0.25) is 10.2 Å². The van der Waals surface area contributed by atoms with E-state index in [1.165, 1.54) is 24.5 Å². The molecular formula is C15H16FN5O2. The maximum atomic E-state index is 13.7. The summed E-state index contributed by atoms with van der Waals surface area (Å²) in [7, 11) is 0. The molecule has 1 aromatic heterocycles. The first kappa shape index (κ1) is 16.3. The first-order chi connectivity index (χ1) is 11.0. The van der Waals surface area contributed by atoms with Crippen molar-refractivity contribution in [1.29, 1.82) is 5.41 Å². The normalized spacial score (nSPS) is 10.2. The molecule has 2 rings (SSSR count). The summed E-state index contributed by atoms with van der Waals surface area (Å²) in [6.07, 6.45) is 2.24. The highest BCUT2D eigenvalue weighted by atomic mass is 19.1. The van der Waals surface area contributed by atoms with Gasteiger partial charge < -0.3 is 15.8 Å². The molecular weight excluding hydrogens is 301 g/mol. The highest BCUT2D eigenvalue weighted by Gasteiger charge is 2.11. The fraction of sp³-hybridized carbons (Fsp3) is 0.200. The van der Waals surface area contributed by atoms with E-state index in [9.17, 15) is 9.18 Å². The van der Waals surface area contributed by atoms with Gasteiger partial charge in [0.2, 0.25) is 5.88 Å². The Bertz CT molecular complexity index is 736. The molecule has 0 saturated carbocycles. The topological polar surface area (TPSA) is 114 Å². The van der Waals surface area contributed by atoms with Gasteiger partial charge in [0, 0.05) is 17.8 Å². The summed E-state index contributed by atoms with van der Waals surface area (Å²) in [5, 5.41) is 10.0. The second-order valence-electron chi connectivity index (χ2n) is 4.72. The van der Waals surface area contributed by atoms with Crippen LogP contribution in [0.15, 0.2) is 30.6 Å². The van der Waals surface area contributed by atoms with E-state index in [1.807, 2.05) is 6.92 Å². The van der Waals surface area contributed by atoms with Gasteiger partial charge in [-0.15, -0.1) is 0 Å². The molecule has 0 unspecified atom stereocenters. The number of nitrogen functional groups attached to an aromatic ring is 1. The number of hydrogen-bond acceptors (Lipinski definition) is 6. The van der Waals surface area contributed by atoms with Crippen LogP contribution in [0.1, 0.15) is 19.8 Å². The lowest BCUT2D eigenvalue weighted by molar-refractivity contribution is -0.110. The third-order valence-electron chi connectivity index (χ3n) is 2.83. The van der Waals surface area contributed by atoms with Crippen molar-refractivity contribution in [1.82, 2.24) is 9.97 Å². The van der Waals surface area contributed by atoms with Gasteiger partial charge in [0.1, 0.15) is 12.1 Å². The van der Waals surface area contributed by atoms with Crippen molar-refractivity contribution in [3.8, 4) is 11.6 Å². The summed E-state index contributed by atoms with van der Waals surface area (Å²) in [5.41, 5.74) is 5.70. The van der Waals surface area contributed by atoms with E-state index in [0.717, 1.165) is 6.07 Å². The van der Waals surface area contributed by atoms with E-state index >= 15 is 0 Å². The molecule has 2 aromatic rings. The van der Waals surface area contributed by atoms with E-state index < -0.39 is 11.7 Å². The van der Waals surface area contributed by atoms with E-state index in [0.29, 0.717) is 12.8 Å². The third kappa shape index (κ3) is 4.47. The quantitative estimate of drug-likeness (QED) is 0.560. The van der Waals surface area contributed by atoms with Crippen molar-refractivity contribution in [3.63, 3.8) is 0 Å². The number of hydrogen-bond donors (Lipinski definition) is 3. The van der Waals surface area contributed by atoms with E-state index in [4.69, 9.17) is 15.9 Å². The van der Waals surface area contributed by atoms with Crippen molar-refractivity contribution < 1.29 is 13.9 Å². The van der Waals surface area contributed by atoms with Gasteiger partial charge in [-0.1, -0.05) is 13.3 Å². The Morgan fingerprint density at radius 2 is 2.17 bits per heavy atom. The number of carbonyl (C=O) groups excluding carboxylic acids is 1. The van der Waals surface area contributed by atoms with E-state index in [-0.39, 0.29) is 28.8 Å². The van der Waals surface area contributed by atoms with Gasteiger partial charge in [0.05, 0.1) is 5.71 Å². The minimum absolute atomic E-state index is 0.0434. The molecule has 0 bridgehead atoms. The molecule has 0 aliphatic carbocycles. The minimum atomic E-state index is -0.626. The van der Waals surface area contributed by atoms with Gasteiger partial charge in [-0.25, -0.2) is 14.4 Å². The van der Waals surface area contributed by atoms with Crippen LogP contribution < -0.4 is 15.8 Å². The largest absolute Gasteiger partial charge is 0.436 e. The molecule has 120 valence electrons. The van der Waals surface area contributed by atoms with Crippen LogP contribution in [-0.2, 0) is 4.79 Å². The molecule has 23 heavy (non-hydrogen) atoms. The Hall–Kier alpha value is -3.03. The molecule has 1 amide bonds. The molecule has 7 nitrogen and oxygen atoms in total. The molecule has 8 heteroatoms. The lowest BCUT2D eigenvalue weighted by atomic mass is 10.2. The first-order valence-electron chi connectivity index (χ1n) is 6.93. The second-order valence-corrected chi connectivity index (χ2v) is 4.72. The number of rotatable bonds is 6. The number of aromatic nitrogens is 2. The van der Waals surface area contributed by atoms with E-state index in [2.05, 4.69) is 15.3 Å². The molecule has 0 aliphatic rings. The molecule has 0 atom stereocenters. The Morgan fingerprint density at radius 3 is 2.87 bits per heavy atom. The van der Waals surface area contributed by atoms with E-state index in [1.54, 1.807) is 0 Å². The average molecular weight is 317 g/mol. The van der Waals surface area contributed by atoms with Crippen LogP contribution >= 0.6 is 0 Å². The number of carbonyl (C=O) groups is 1. The third-order valence-corrected chi connectivity index (χ3v) is 2.83. The standard InChI is InChI=1S/C15H16FN5O2/c1-2-3-11(18)15(22)21-13-7-14(20-8-19-13)23-12-5-4-9(17)6-10(12)16/h4-8,18H,2-3,17H2,1H3,(H,19,20,21,22). The van der Waals surface area contributed by atoms with Crippen molar-refractivity contribution in [2.45, 2.75) is 19.8 Å². The highest BCUT2D eigenvalue weighted by molar-refractivity contribution is 6.41. The lowest BCUT2D eigenvalue weighted by Crippen LogP contribution is -2.22. The molecule has 0 radical (unpaired) electrons. The molecule has 1 aromatic carbocycles. The fourth-order valence-electron chi connectivity index (χ4n) is 1.73. The van der Waals surface area contributed by atoms with Gasteiger partial charge in [-0.05, 0) is 18.6 Å². The Kier molecular flexibility index (Phi) is 5.19. The predicted molar refractivity (Wildman–Crippen MR) is 84.2 cm³/mol. The number of nitrogens with one attached hydrogen (secondary N) is 2. The predicted octanol–water partition coefficient (Wildman–Crippen LogP) is 2.75. The molecule has 1 heterocycles. The van der Waals surface area contributed by atoms with Crippen LogP contribution in [0.25, 0.3) is 0 Å². The number of halogens is 1. The number of benzene rings is 1. The summed E-state index contributed by atoms with van der Waals surface area (Å²) < 4.78 is 19.0. The zero-order valence-corrected chi connectivity index (χ0v) is 12.5. The molecule has 0 aliphatic heterocycles. The monoisotopic (exact) mass is 317 g/mol. The van der Waals surface area contributed by atoms with Crippen LogP contribution in [0, 0.1) is 11.2 Å². The van der Waals surface area contributed by atoms with Gasteiger partial charge >= 0.3 is 0 Å². The van der Waals surface area contributed by atoms with Crippen molar-refractivity contribution in [2.24, 2.45) is 0 Å². The Labute approximate surface area is 132 Å². The summed E-state index contributed by atoms with van der Waals surface area (Å²) in [6.45, 7) is 1.87. The van der Waals surface area contributed by atoms with Crippen molar-refractivity contribution >= 4 is 23.1 Å². The summed E-state index contributed by atoms with van der Waals surface area (Å²) in [4.78, 5) is 19.5. The first-order valence-corrected chi connectivity index (χ1v) is 6.93. The summed E-state index contributed by atoms with van der Waals surface area (Å²) in [5.74, 6) is -0.999. The van der Waals surface area contributed by atoms with Gasteiger partial charge in [-0.2, -0.15) is 0 Å². The summed E-state index contributed by atoms with van der Waals surface area (Å²) in [6, 6.07) is 5.34. The van der Waals surface area contributed by atoms with Gasteiger partial charge in [0.15, 0.2) is 11.6 Å².